The van der Waals surface area contributed by atoms with Gasteiger partial charge in [-0.25, -0.2) is 0 Å². The normalized spacial score (nSPS) is 10.8. The summed E-state index contributed by atoms with van der Waals surface area (Å²) < 4.78 is 11.5. The van der Waals surface area contributed by atoms with Crippen molar-refractivity contribution in [3.63, 3.8) is 0 Å². The molecule has 0 unspecified atom stereocenters. The Morgan fingerprint density at radius 1 is 0.889 bits per heavy atom. The summed E-state index contributed by atoms with van der Waals surface area (Å²) in [5, 5.41) is 0. The molecule has 0 aliphatic rings. The Balaban J connectivity index is 1.56. The van der Waals surface area contributed by atoms with Crippen LogP contribution >= 0.6 is 0 Å². The number of likely N-dealkylation sites (N-methyl/N-ethyl adjacent to an activating group) is 1. The zero-order valence-corrected chi connectivity index (χ0v) is 16.0. The number of pyridine rings is 1. The Hall–Kier alpha value is -2.85. The molecular formula is C23H26N2O2. The molecule has 140 valence electrons. The summed E-state index contributed by atoms with van der Waals surface area (Å²) in [7, 11) is 3.80. The van der Waals surface area contributed by atoms with Crippen LogP contribution in [0.25, 0.3) is 0 Å². The first-order valence-electron chi connectivity index (χ1n) is 9.16. The van der Waals surface area contributed by atoms with E-state index in [0.717, 1.165) is 42.3 Å². The van der Waals surface area contributed by atoms with E-state index in [9.17, 15) is 0 Å². The molecule has 27 heavy (non-hydrogen) atoms. The van der Waals surface area contributed by atoms with Crippen molar-refractivity contribution in [3.05, 3.63) is 89.7 Å². The van der Waals surface area contributed by atoms with Crippen molar-refractivity contribution in [3.8, 4) is 11.5 Å². The second-order valence-corrected chi connectivity index (χ2v) is 6.57. The minimum Gasteiger partial charge on any atom is -0.493 e. The fourth-order valence-electron chi connectivity index (χ4n) is 2.91. The van der Waals surface area contributed by atoms with Crippen molar-refractivity contribution in [2.45, 2.75) is 19.6 Å². The van der Waals surface area contributed by atoms with Gasteiger partial charge in [0.2, 0.25) is 0 Å². The highest BCUT2D eigenvalue weighted by molar-refractivity contribution is 5.43. The van der Waals surface area contributed by atoms with E-state index in [-0.39, 0.29) is 0 Å². The van der Waals surface area contributed by atoms with Crippen LogP contribution in [0.5, 0.6) is 11.5 Å². The summed E-state index contributed by atoms with van der Waals surface area (Å²) in [6, 6.07) is 22.3. The van der Waals surface area contributed by atoms with E-state index in [2.05, 4.69) is 47.3 Å². The van der Waals surface area contributed by atoms with Gasteiger partial charge in [-0.2, -0.15) is 0 Å². The van der Waals surface area contributed by atoms with Gasteiger partial charge in [0.05, 0.1) is 7.11 Å². The van der Waals surface area contributed by atoms with E-state index in [4.69, 9.17) is 9.47 Å². The third-order valence-corrected chi connectivity index (χ3v) is 4.39. The molecule has 3 aromatic rings. The van der Waals surface area contributed by atoms with E-state index < -0.39 is 0 Å². The predicted molar refractivity (Wildman–Crippen MR) is 108 cm³/mol. The number of ether oxygens (including phenoxy) is 2. The highest BCUT2D eigenvalue weighted by atomic mass is 16.5. The predicted octanol–water partition coefficient (Wildman–Crippen LogP) is 4.34. The SMILES string of the molecule is COc1cc(CN(C)CCc2ccccn2)ccc1OCc1ccccc1. The van der Waals surface area contributed by atoms with Gasteiger partial charge in [-0.3, -0.25) is 4.98 Å². The van der Waals surface area contributed by atoms with E-state index in [1.165, 1.54) is 5.56 Å². The van der Waals surface area contributed by atoms with E-state index in [0.29, 0.717) is 6.61 Å². The van der Waals surface area contributed by atoms with Gasteiger partial charge in [-0.15, -0.1) is 0 Å². The molecule has 0 amide bonds. The summed E-state index contributed by atoms with van der Waals surface area (Å²) in [6.45, 7) is 2.33. The molecule has 0 aliphatic heterocycles. The van der Waals surface area contributed by atoms with Crippen LogP contribution in [-0.2, 0) is 19.6 Å². The molecule has 0 radical (unpaired) electrons. The lowest BCUT2D eigenvalue weighted by molar-refractivity contribution is 0.283. The summed E-state index contributed by atoms with van der Waals surface area (Å²) in [5.74, 6) is 1.53. The molecule has 0 N–H and O–H groups in total. The lowest BCUT2D eigenvalue weighted by Crippen LogP contribution is -2.21. The van der Waals surface area contributed by atoms with Crippen molar-refractivity contribution in [2.24, 2.45) is 0 Å². The third-order valence-electron chi connectivity index (χ3n) is 4.39. The zero-order valence-electron chi connectivity index (χ0n) is 16.0. The number of hydrogen-bond acceptors (Lipinski definition) is 4. The first-order chi connectivity index (χ1) is 13.2. The molecule has 0 spiro atoms. The van der Waals surface area contributed by atoms with E-state index in [1.807, 2.05) is 42.6 Å². The monoisotopic (exact) mass is 362 g/mol. The number of nitrogens with zero attached hydrogens (tertiary/aromatic N) is 2. The van der Waals surface area contributed by atoms with E-state index >= 15 is 0 Å². The molecule has 4 heteroatoms. The van der Waals surface area contributed by atoms with Crippen LogP contribution < -0.4 is 9.47 Å². The first-order valence-corrected chi connectivity index (χ1v) is 9.16. The van der Waals surface area contributed by atoms with Gasteiger partial charge in [0, 0.05) is 31.4 Å². The van der Waals surface area contributed by atoms with Crippen molar-refractivity contribution >= 4 is 0 Å². The average Bonchev–Trinajstić information content (AvgIpc) is 2.72. The smallest absolute Gasteiger partial charge is 0.161 e. The zero-order chi connectivity index (χ0) is 18.9. The quantitative estimate of drug-likeness (QED) is 0.567. The average molecular weight is 362 g/mol. The summed E-state index contributed by atoms with van der Waals surface area (Å²) in [6.07, 6.45) is 2.78. The molecule has 0 fully saturated rings. The van der Waals surface area contributed by atoms with E-state index in [1.54, 1.807) is 7.11 Å². The fraction of sp³-hybridized carbons (Fsp3) is 0.261. The number of hydrogen-bond donors (Lipinski definition) is 0. The second kappa shape index (κ2) is 9.74. The molecule has 0 aliphatic carbocycles. The molecule has 4 nitrogen and oxygen atoms in total. The molecular weight excluding hydrogens is 336 g/mol. The summed E-state index contributed by atoms with van der Waals surface area (Å²) >= 11 is 0. The van der Waals surface area contributed by atoms with Crippen LogP contribution in [0, 0.1) is 0 Å². The molecule has 0 bridgehead atoms. The summed E-state index contributed by atoms with van der Waals surface area (Å²) in [4.78, 5) is 6.66. The minimum atomic E-state index is 0.528. The molecule has 0 atom stereocenters. The number of aromatic nitrogens is 1. The molecule has 1 heterocycles. The van der Waals surface area contributed by atoms with Gasteiger partial charge in [0.1, 0.15) is 6.61 Å². The van der Waals surface area contributed by atoms with Gasteiger partial charge in [-0.05, 0) is 42.4 Å². The maximum atomic E-state index is 5.93. The van der Waals surface area contributed by atoms with Gasteiger partial charge in [0.25, 0.3) is 0 Å². The largest absolute Gasteiger partial charge is 0.493 e. The Morgan fingerprint density at radius 3 is 2.44 bits per heavy atom. The highest BCUT2D eigenvalue weighted by Crippen LogP contribution is 2.29. The minimum absolute atomic E-state index is 0.528. The van der Waals surface area contributed by atoms with Gasteiger partial charge < -0.3 is 14.4 Å². The van der Waals surface area contributed by atoms with Crippen LogP contribution in [0.1, 0.15) is 16.8 Å². The topological polar surface area (TPSA) is 34.6 Å². The van der Waals surface area contributed by atoms with Gasteiger partial charge >= 0.3 is 0 Å². The fourth-order valence-corrected chi connectivity index (χ4v) is 2.91. The van der Waals surface area contributed by atoms with Crippen LogP contribution in [0.4, 0.5) is 0 Å². The maximum Gasteiger partial charge on any atom is 0.161 e. The summed E-state index contributed by atoms with van der Waals surface area (Å²) in [5.41, 5.74) is 3.45. The van der Waals surface area contributed by atoms with Crippen molar-refractivity contribution in [1.29, 1.82) is 0 Å². The molecule has 1 aromatic heterocycles. The Morgan fingerprint density at radius 2 is 1.70 bits per heavy atom. The van der Waals surface area contributed by atoms with Crippen molar-refractivity contribution in [1.82, 2.24) is 9.88 Å². The Labute approximate surface area is 161 Å². The van der Waals surface area contributed by atoms with Crippen molar-refractivity contribution in [2.75, 3.05) is 20.7 Å². The van der Waals surface area contributed by atoms with Crippen LogP contribution in [0.2, 0.25) is 0 Å². The number of methoxy groups -OCH3 is 1. The van der Waals surface area contributed by atoms with Crippen LogP contribution in [-0.4, -0.2) is 30.6 Å². The first kappa shape index (κ1) is 18.9. The molecule has 0 saturated carbocycles. The third kappa shape index (κ3) is 5.83. The van der Waals surface area contributed by atoms with Gasteiger partial charge in [-0.1, -0.05) is 42.5 Å². The Kier molecular flexibility index (Phi) is 6.83. The maximum absolute atomic E-state index is 5.93. The number of rotatable bonds is 9. The molecule has 3 rings (SSSR count). The lowest BCUT2D eigenvalue weighted by atomic mass is 10.1. The second-order valence-electron chi connectivity index (χ2n) is 6.57. The highest BCUT2D eigenvalue weighted by Gasteiger charge is 2.08. The lowest BCUT2D eigenvalue weighted by Gasteiger charge is -2.18. The number of benzene rings is 2. The Bertz CT molecular complexity index is 822. The molecule has 2 aromatic carbocycles. The molecule has 0 saturated heterocycles. The van der Waals surface area contributed by atoms with Crippen molar-refractivity contribution < 1.29 is 9.47 Å². The van der Waals surface area contributed by atoms with Crippen LogP contribution in [0.15, 0.2) is 72.9 Å². The standard InChI is InChI=1S/C23H26N2O2/c1-25(15-13-21-10-6-7-14-24-21)17-20-11-12-22(23(16-20)26-2)27-18-19-8-4-3-5-9-19/h3-12,14,16H,13,15,17-18H2,1-2H3. The van der Waals surface area contributed by atoms with Gasteiger partial charge in [0.15, 0.2) is 11.5 Å². The van der Waals surface area contributed by atoms with Crippen LogP contribution in [0.3, 0.4) is 0 Å².